The minimum Gasteiger partial charge on any atom is -0.462 e. The van der Waals surface area contributed by atoms with Crippen LogP contribution >= 0.6 is 15.9 Å². The first-order chi connectivity index (χ1) is 6.61. The number of rotatable bonds is 3. The van der Waals surface area contributed by atoms with Gasteiger partial charge >= 0.3 is 5.97 Å². The van der Waals surface area contributed by atoms with Crippen molar-refractivity contribution < 1.29 is 9.53 Å². The van der Waals surface area contributed by atoms with Crippen LogP contribution in [0, 0.1) is 5.92 Å². The topological polar surface area (TPSA) is 39.2 Å². The third-order valence-electron chi connectivity index (χ3n) is 1.53. The van der Waals surface area contributed by atoms with Crippen LogP contribution in [0.2, 0.25) is 0 Å². The lowest BCUT2D eigenvalue weighted by Crippen LogP contribution is -2.11. The van der Waals surface area contributed by atoms with Gasteiger partial charge in [-0.3, -0.25) is 0 Å². The maximum atomic E-state index is 11.5. The standard InChI is InChI=1S/C10H12BrNO2/c1-7(2)6-14-10(13)8-4-3-5-12-9(8)11/h3-5,7H,6H2,1-2H3. The number of carbonyl (C=O) groups is 1. The Bertz CT molecular complexity index is 326. The van der Waals surface area contributed by atoms with Crippen molar-refractivity contribution in [1.82, 2.24) is 4.98 Å². The molecule has 0 bridgehead atoms. The molecule has 1 rings (SSSR count). The van der Waals surface area contributed by atoms with Crippen LogP contribution < -0.4 is 0 Å². The van der Waals surface area contributed by atoms with Gasteiger partial charge in [-0.1, -0.05) is 13.8 Å². The highest BCUT2D eigenvalue weighted by atomic mass is 79.9. The molecule has 0 aliphatic carbocycles. The molecular formula is C10H12BrNO2. The molecule has 1 aromatic rings. The third-order valence-corrected chi connectivity index (χ3v) is 2.16. The molecule has 0 fully saturated rings. The molecule has 76 valence electrons. The van der Waals surface area contributed by atoms with Crippen LogP contribution in [0.1, 0.15) is 24.2 Å². The van der Waals surface area contributed by atoms with Gasteiger partial charge in [0.1, 0.15) is 4.60 Å². The number of aromatic nitrogens is 1. The first-order valence-electron chi connectivity index (χ1n) is 4.39. The van der Waals surface area contributed by atoms with Gasteiger partial charge in [0, 0.05) is 6.20 Å². The van der Waals surface area contributed by atoms with Gasteiger partial charge in [-0.25, -0.2) is 9.78 Å². The van der Waals surface area contributed by atoms with Crippen LogP contribution in [0.15, 0.2) is 22.9 Å². The zero-order valence-corrected chi connectivity index (χ0v) is 9.74. The monoisotopic (exact) mass is 257 g/mol. The number of hydrogen-bond donors (Lipinski definition) is 0. The number of esters is 1. The van der Waals surface area contributed by atoms with Crippen LogP contribution in [0.4, 0.5) is 0 Å². The highest BCUT2D eigenvalue weighted by molar-refractivity contribution is 9.10. The molecule has 3 nitrogen and oxygen atoms in total. The molecule has 14 heavy (non-hydrogen) atoms. The zero-order valence-electron chi connectivity index (χ0n) is 8.16. The number of hydrogen-bond acceptors (Lipinski definition) is 3. The SMILES string of the molecule is CC(C)COC(=O)c1cccnc1Br. The number of halogens is 1. The van der Waals surface area contributed by atoms with Crippen molar-refractivity contribution >= 4 is 21.9 Å². The maximum Gasteiger partial charge on any atom is 0.340 e. The van der Waals surface area contributed by atoms with Crippen molar-refractivity contribution in [2.45, 2.75) is 13.8 Å². The van der Waals surface area contributed by atoms with Crippen molar-refractivity contribution in [3.8, 4) is 0 Å². The predicted molar refractivity (Wildman–Crippen MR) is 57.1 cm³/mol. The van der Waals surface area contributed by atoms with Gasteiger partial charge in [-0.15, -0.1) is 0 Å². The van der Waals surface area contributed by atoms with Gasteiger partial charge in [0.25, 0.3) is 0 Å². The van der Waals surface area contributed by atoms with Crippen molar-refractivity contribution in [1.29, 1.82) is 0 Å². The molecule has 4 heteroatoms. The molecule has 0 saturated carbocycles. The first kappa shape index (κ1) is 11.2. The Morgan fingerprint density at radius 1 is 1.64 bits per heavy atom. The van der Waals surface area contributed by atoms with Gasteiger partial charge in [-0.2, -0.15) is 0 Å². The second-order valence-corrected chi connectivity index (χ2v) is 4.09. The van der Waals surface area contributed by atoms with Crippen molar-refractivity contribution in [2.24, 2.45) is 5.92 Å². The van der Waals surface area contributed by atoms with Crippen molar-refractivity contribution in [2.75, 3.05) is 6.61 Å². The van der Waals surface area contributed by atoms with E-state index in [0.29, 0.717) is 22.7 Å². The van der Waals surface area contributed by atoms with Gasteiger partial charge in [0.15, 0.2) is 0 Å². The Balaban J connectivity index is 2.65. The number of nitrogens with zero attached hydrogens (tertiary/aromatic N) is 1. The van der Waals surface area contributed by atoms with E-state index in [-0.39, 0.29) is 5.97 Å². The smallest absolute Gasteiger partial charge is 0.340 e. The summed E-state index contributed by atoms with van der Waals surface area (Å²) < 4.78 is 5.58. The molecule has 0 amide bonds. The molecule has 0 unspecified atom stereocenters. The molecule has 0 aliphatic rings. The molecule has 1 heterocycles. The number of ether oxygens (including phenoxy) is 1. The highest BCUT2D eigenvalue weighted by Crippen LogP contribution is 2.13. The normalized spacial score (nSPS) is 10.3. The largest absolute Gasteiger partial charge is 0.462 e. The van der Waals surface area contributed by atoms with E-state index in [1.165, 1.54) is 0 Å². The van der Waals surface area contributed by atoms with E-state index < -0.39 is 0 Å². The Kier molecular flexibility index (Phi) is 4.07. The lowest BCUT2D eigenvalue weighted by Gasteiger charge is -2.07. The minimum atomic E-state index is -0.335. The maximum absolute atomic E-state index is 11.5. The summed E-state index contributed by atoms with van der Waals surface area (Å²) in [6, 6.07) is 3.39. The molecule has 0 saturated heterocycles. The average Bonchev–Trinajstić information content (AvgIpc) is 2.15. The molecule has 0 aromatic carbocycles. The average molecular weight is 258 g/mol. The fourth-order valence-electron chi connectivity index (χ4n) is 0.858. The highest BCUT2D eigenvalue weighted by Gasteiger charge is 2.11. The summed E-state index contributed by atoms with van der Waals surface area (Å²) in [5.74, 6) is 0.00747. The molecule has 0 spiro atoms. The summed E-state index contributed by atoms with van der Waals surface area (Å²) in [6.45, 7) is 4.41. The van der Waals surface area contributed by atoms with E-state index in [1.807, 2.05) is 13.8 Å². The lowest BCUT2D eigenvalue weighted by molar-refractivity contribution is 0.0457. The zero-order chi connectivity index (χ0) is 10.6. The molecule has 1 aromatic heterocycles. The van der Waals surface area contributed by atoms with E-state index >= 15 is 0 Å². The second kappa shape index (κ2) is 5.10. The summed E-state index contributed by atoms with van der Waals surface area (Å²) in [5.41, 5.74) is 0.466. The van der Waals surface area contributed by atoms with Crippen LogP contribution in [-0.2, 0) is 4.74 Å². The van der Waals surface area contributed by atoms with Gasteiger partial charge in [0.2, 0.25) is 0 Å². The fraction of sp³-hybridized carbons (Fsp3) is 0.400. The summed E-state index contributed by atoms with van der Waals surface area (Å²) in [7, 11) is 0. The molecular weight excluding hydrogens is 246 g/mol. The molecule has 0 aliphatic heterocycles. The van der Waals surface area contributed by atoms with Crippen molar-refractivity contribution in [3.05, 3.63) is 28.5 Å². The second-order valence-electron chi connectivity index (χ2n) is 3.33. The Labute approximate surface area is 91.6 Å². The van der Waals surface area contributed by atoms with Crippen LogP contribution in [0.3, 0.4) is 0 Å². The summed E-state index contributed by atoms with van der Waals surface area (Å²) in [4.78, 5) is 15.4. The van der Waals surface area contributed by atoms with E-state index in [1.54, 1.807) is 18.3 Å². The lowest BCUT2D eigenvalue weighted by atomic mass is 10.2. The predicted octanol–water partition coefficient (Wildman–Crippen LogP) is 2.66. The Morgan fingerprint density at radius 2 is 2.36 bits per heavy atom. The summed E-state index contributed by atoms with van der Waals surface area (Å²) >= 11 is 3.19. The third kappa shape index (κ3) is 3.10. The van der Waals surface area contributed by atoms with E-state index in [2.05, 4.69) is 20.9 Å². The Hall–Kier alpha value is -0.900. The first-order valence-corrected chi connectivity index (χ1v) is 5.18. The molecule has 0 radical (unpaired) electrons. The van der Waals surface area contributed by atoms with Crippen molar-refractivity contribution in [3.63, 3.8) is 0 Å². The number of pyridine rings is 1. The van der Waals surface area contributed by atoms with Crippen LogP contribution in [-0.4, -0.2) is 17.6 Å². The molecule has 0 atom stereocenters. The summed E-state index contributed by atoms with van der Waals surface area (Å²) in [5, 5.41) is 0. The van der Waals surface area contributed by atoms with Gasteiger partial charge in [-0.05, 0) is 34.0 Å². The van der Waals surface area contributed by atoms with E-state index in [9.17, 15) is 4.79 Å². The van der Waals surface area contributed by atoms with E-state index in [4.69, 9.17) is 4.74 Å². The number of carbonyl (C=O) groups excluding carboxylic acids is 1. The quantitative estimate of drug-likeness (QED) is 0.618. The summed E-state index contributed by atoms with van der Waals surface area (Å²) in [6.07, 6.45) is 1.61. The fourth-order valence-corrected chi connectivity index (χ4v) is 1.27. The van der Waals surface area contributed by atoms with Crippen LogP contribution in [0.5, 0.6) is 0 Å². The van der Waals surface area contributed by atoms with Crippen LogP contribution in [0.25, 0.3) is 0 Å². The Morgan fingerprint density at radius 3 is 2.93 bits per heavy atom. The minimum absolute atomic E-state index is 0.335. The van der Waals surface area contributed by atoms with Gasteiger partial charge < -0.3 is 4.74 Å². The van der Waals surface area contributed by atoms with E-state index in [0.717, 1.165) is 0 Å². The molecule has 0 N–H and O–H groups in total. The van der Waals surface area contributed by atoms with Gasteiger partial charge in [0.05, 0.1) is 12.2 Å².